The highest BCUT2D eigenvalue weighted by Crippen LogP contribution is 2.31. The van der Waals surface area contributed by atoms with Gasteiger partial charge in [0.25, 0.3) is 5.91 Å². The quantitative estimate of drug-likeness (QED) is 0.922. The first-order chi connectivity index (χ1) is 11.3. The Morgan fingerprint density at radius 2 is 1.96 bits per heavy atom. The summed E-state index contributed by atoms with van der Waals surface area (Å²) in [5.41, 5.74) is 2.79. The maximum atomic E-state index is 13.0. The summed E-state index contributed by atoms with van der Waals surface area (Å²) in [6.45, 7) is 14.2. The smallest absolute Gasteiger partial charge is 0.274 e. The van der Waals surface area contributed by atoms with E-state index >= 15 is 0 Å². The highest BCUT2D eigenvalue weighted by atomic mass is 16.5. The molecule has 24 heavy (non-hydrogen) atoms. The fraction of sp³-hybridized carbons (Fsp3) is 0.778. The number of carbonyl (C=O) groups is 1. The van der Waals surface area contributed by atoms with Crippen molar-refractivity contribution in [3.63, 3.8) is 0 Å². The highest BCUT2D eigenvalue weighted by molar-refractivity contribution is 5.94. The molecule has 0 aliphatic carbocycles. The van der Waals surface area contributed by atoms with Crippen LogP contribution in [0.5, 0.6) is 0 Å². The lowest BCUT2D eigenvalue weighted by Crippen LogP contribution is -2.55. The molecule has 2 aliphatic heterocycles. The molecule has 2 atom stereocenters. The number of nitrogens with zero attached hydrogens (tertiary/aromatic N) is 3. The Hall–Kier alpha value is -1.40. The molecular formula is C18H30N4O2. The zero-order chi connectivity index (χ0) is 17.5. The average molecular weight is 334 g/mol. The minimum absolute atomic E-state index is 0.0278. The van der Waals surface area contributed by atoms with Crippen molar-refractivity contribution in [2.45, 2.75) is 65.2 Å². The van der Waals surface area contributed by atoms with Gasteiger partial charge in [-0.25, -0.2) is 0 Å². The zero-order valence-electron chi connectivity index (χ0n) is 15.6. The van der Waals surface area contributed by atoms with Crippen LogP contribution in [0.25, 0.3) is 0 Å². The Bertz CT molecular complexity index is 602. The lowest BCUT2D eigenvalue weighted by Gasteiger charge is -2.43. The zero-order valence-corrected chi connectivity index (χ0v) is 15.6. The SMILES string of the molecule is CCC(C)(C)N1CCN(C(=O)c2n[nH]c3c2C[C@H](C)O[C@@H]3C)CC1. The highest BCUT2D eigenvalue weighted by Gasteiger charge is 2.34. The van der Waals surface area contributed by atoms with Gasteiger partial charge in [-0.3, -0.25) is 14.8 Å². The maximum absolute atomic E-state index is 13.0. The first-order valence-electron chi connectivity index (χ1n) is 9.10. The summed E-state index contributed by atoms with van der Waals surface area (Å²) in [6.07, 6.45) is 1.96. The van der Waals surface area contributed by atoms with Gasteiger partial charge >= 0.3 is 0 Å². The lowest BCUT2D eigenvalue weighted by molar-refractivity contribution is -0.00708. The molecule has 1 N–H and O–H groups in total. The van der Waals surface area contributed by atoms with Crippen LogP contribution in [-0.2, 0) is 11.2 Å². The molecular weight excluding hydrogens is 304 g/mol. The lowest BCUT2D eigenvalue weighted by atomic mass is 9.97. The number of fused-ring (bicyclic) bond motifs is 1. The number of amides is 1. The molecule has 134 valence electrons. The monoisotopic (exact) mass is 334 g/mol. The second-order valence-corrected chi connectivity index (χ2v) is 7.70. The Kier molecular flexibility index (Phi) is 4.71. The molecule has 1 aromatic rings. The van der Waals surface area contributed by atoms with Crippen molar-refractivity contribution < 1.29 is 9.53 Å². The number of H-pyrrole nitrogens is 1. The minimum atomic E-state index is -0.0278. The number of rotatable bonds is 3. The van der Waals surface area contributed by atoms with Crippen LogP contribution < -0.4 is 0 Å². The second-order valence-electron chi connectivity index (χ2n) is 7.70. The summed E-state index contributed by atoms with van der Waals surface area (Å²) < 4.78 is 5.81. The normalized spacial score (nSPS) is 25.6. The van der Waals surface area contributed by atoms with Crippen molar-refractivity contribution in [1.29, 1.82) is 0 Å². The van der Waals surface area contributed by atoms with Crippen molar-refractivity contribution in [2.24, 2.45) is 0 Å². The molecule has 1 aromatic heterocycles. The van der Waals surface area contributed by atoms with Crippen LogP contribution in [0.3, 0.4) is 0 Å². The molecule has 0 aromatic carbocycles. The van der Waals surface area contributed by atoms with E-state index in [4.69, 9.17) is 4.74 Å². The van der Waals surface area contributed by atoms with E-state index in [-0.39, 0.29) is 23.7 Å². The summed E-state index contributed by atoms with van der Waals surface area (Å²) in [6, 6.07) is 0. The molecule has 2 aliphatic rings. The number of aromatic amines is 1. The second kappa shape index (κ2) is 6.48. The van der Waals surface area contributed by atoms with Crippen LogP contribution >= 0.6 is 0 Å². The first-order valence-corrected chi connectivity index (χ1v) is 9.10. The van der Waals surface area contributed by atoms with E-state index in [1.54, 1.807) is 0 Å². The molecule has 1 amide bonds. The predicted molar refractivity (Wildman–Crippen MR) is 93.1 cm³/mol. The summed E-state index contributed by atoms with van der Waals surface area (Å²) in [5, 5.41) is 7.36. The van der Waals surface area contributed by atoms with Crippen LogP contribution in [-0.4, -0.2) is 63.7 Å². The van der Waals surface area contributed by atoms with Crippen LogP contribution in [0.1, 0.15) is 68.9 Å². The Morgan fingerprint density at radius 3 is 2.58 bits per heavy atom. The summed E-state index contributed by atoms with van der Waals surface area (Å²) in [7, 11) is 0. The maximum Gasteiger partial charge on any atom is 0.274 e. The number of hydrogen-bond acceptors (Lipinski definition) is 4. The molecule has 0 bridgehead atoms. The van der Waals surface area contributed by atoms with Crippen molar-refractivity contribution in [3.05, 3.63) is 17.0 Å². The van der Waals surface area contributed by atoms with Crippen molar-refractivity contribution in [2.75, 3.05) is 26.2 Å². The third kappa shape index (κ3) is 3.09. The summed E-state index contributed by atoms with van der Waals surface area (Å²) in [4.78, 5) is 17.4. The van der Waals surface area contributed by atoms with Crippen LogP contribution in [0, 0.1) is 0 Å². The van der Waals surface area contributed by atoms with Gasteiger partial charge in [0.15, 0.2) is 5.69 Å². The van der Waals surface area contributed by atoms with E-state index < -0.39 is 0 Å². The molecule has 1 fully saturated rings. The largest absolute Gasteiger partial charge is 0.369 e. The van der Waals surface area contributed by atoms with E-state index in [1.165, 1.54) is 0 Å². The molecule has 1 saturated heterocycles. The van der Waals surface area contributed by atoms with Crippen LogP contribution in [0.15, 0.2) is 0 Å². The molecule has 0 unspecified atom stereocenters. The Morgan fingerprint density at radius 1 is 1.29 bits per heavy atom. The van der Waals surface area contributed by atoms with Crippen molar-refractivity contribution in [1.82, 2.24) is 20.0 Å². The Balaban J connectivity index is 1.71. The van der Waals surface area contributed by atoms with E-state index in [1.807, 2.05) is 18.7 Å². The average Bonchev–Trinajstić information content (AvgIpc) is 2.98. The summed E-state index contributed by atoms with van der Waals surface area (Å²) >= 11 is 0. The van der Waals surface area contributed by atoms with Gasteiger partial charge in [-0.15, -0.1) is 0 Å². The number of ether oxygens (including phenoxy) is 1. The molecule has 0 radical (unpaired) electrons. The van der Waals surface area contributed by atoms with Crippen molar-refractivity contribution in [3.8, 4) is 0 Å². The molecule has 0 spiro atoms. The van der Waals surface area contributed by atoms with Gasteiger partial charge in [-0.2, -0.15) is 5.10 Å². The first kappa shape index (κ1) is 17.4. The number of nitrogens with one attached hydrogen (secondary N) is 1. The van der Waals surface area contributed by atoms with Gasteiger partial charge in [0.2, 0.25) is 0 Å². The van der Waals surface area contributed by atoms with E-state index in [9.17, 15) is 4.79 Å². The minimum Gasteiger partial charge on any atom is -0.369 e. The predicted octanol–water partition coefficient (Wildman–Crippen LogP) is 2.38. The number of aromatic nitrogens is 2. The van der Waals surface area contributed by atoms with Gasteiger partial charge < -0.3 is 9.64 Å². The van der Waals surface area contributed by atoms with Gasteiger partial charge in [-0.1, -0.05) is 6.92 Å². The van der Waals surface area contributed by atoms with Gasteiger partial charge in [0, 0.05) is 43.7 Å². The van der Waals surface area contributed by atoms with E-state index in [0.29, 0.717) is 5.69 Å². The fourth-order valence-electron chi connectivity index (χ4n) is 3.74. The third-order valence-corrected chi connectivity index (χ3v) is 5.72. The number of hydrogen-bond donors (Lipinski definition) is 1. The molecule has 3 rings (SSSR count). The standard InChI is InChI=1S/C18H30N4O2/c1-6-18(4,5)22-9-7-21(8-10-22)17(23)16-14-11-12(2)24-13(3)15(14)19-20-16/h12-13H,6-11H2,1-5H3,(H,19,20)/t12-,13+/m0/s1. The number of carbonyl (C=O) groups excluding carboxylic acids is 1. The van der Waals surface area contributed by atoms with Crippen molar-refractivity contribution >= 4 is 5.91 Å². The van der Waals surface area contributed by atoms with Crippen LogP contribution in [0.4, 0.5) is 0 Å². The van der Waals surface area contributed by atoms with Crippen LogP contribution in [0.2, 0.25) is 0 Å². The molecule has 6 nitrogen and oxygen atoms in total. The summed E-state index contributed by atoms with van der Waals surface area (Å²) in [5.74, 6) is 0.0581. The van der Waals surface area contributed by atoms with E-state index in [2.05, 4.69) is 35.9 Å². The Labute approximate surface area is 144 Å². The van der Waals surface area contributed by atoms with E-state index in [0.717, 1.165) is 50.3 Å². The molecule has 0 saturated carbocycles. The van der Waals surface area contributed by atoms with Gasteiger partial charge in [0.1, 0.15) is 0 Å². The van der Waals surface area contributed by atoms with Gasteiger partial charge in [-0.05, 0) is 34.1 Å². The molecule has 3 heterocycles. The fourth-order valence-corrected chi connectivity index (χ4v) is 3.74. The van der Waals surface area contributed by atoms with Gasteiger partial charge in [0.05, 0.1) is 17.9 Å². The molecule has 6 heteroatoms. The third-order valence-electron chi connectivity index (χ3n) is 5.72. The topological polar surface area (TPSA) is 61.5 Å². The number of piperazine rings is 1.